The SMILES string of the molecule is CN(C)CCn1cc2cc(Nc3nc(=O)n(Cc4ccc[nH]c4=O)c(=O)n3Cc3cc(F)c(F)c(F)c3)c(Cl)cc2n1. The zero-order valence-corrected chi connectivity index (χ0v) is 23.1. The van der Waals surface area contributed by atoms with Crippen LogP contribution in [-0.2, 0) is 19.6 Å². The van der Waals surface area contributed by atoms with Crippen molar-refractivity contribution in [2.75, 3.05) is 26.0 Å². The molecule has 5 rings (SSSR count). The lowest BCUT2D eigenvalue weighted by Crippen LogP contribution is -2.43. The molecule has 0 atom stereocenters. The predicted molar refractivity (Wildman–Crippen MR) is 151 cm³/mol. The van der Waals surface area contributed by atoms with E-state index in [4.69, 9.17) is 11.6 Å². The molecule has 0 aliphatic heterocycles. The average molecular weight is 601 g/mol. The van der Waals surface area contributed by atoms with E-state index in [0.29, 0.717) is 22.0 Å². The number of pyridine rings is 1. The molecule has 5 aromatic rings. The van der Waals surface area contributed by atoms with Gasteiger partial charge in [0.15, 0.2) is 17.5 Å². The standard InChI is InChI=1S/C27H24ClF3N8O3/c1-36(2)6-7-37-13-17-10-22(18(28)11-21(17)35-37)33-25-34-26(41)39(14-16-4-3-5-32-24(16)40)27(42)38(25)12-15-8-19(29)23(31)20(30)9-15/h3-5,8-11,13H,6-7,12,14H2,1-2H3,(H,32,40)(H,33,34,41). The van der Waals surface area contributed by atoms with Gasteiger partial charge in [-0.15, -0.1) is 0 Å². The smallest absolute Gasteiger partial charge is 0.329 e. The van der Waals surface area contributed by atoms with Gasteiger partial charge in [-0.3, -0.25) is 14.0 Å². The third kappa shape index (κ3) is 5.99. The molecular formula is C27H24ClF3N8O3. The molecule has 0 spiro atoms. The van der Waals surface area contributed by atoms with Crippen molar-refractivity contribution < 1.29 is 13.2 Å². The van der Waals surface area contributed by atoms with Crippen LogP contribution < -0.4 is 22.3 Å². The third-order valence-electron chi connectivity index (χ3n) is 6.43. The molecule has 3 aromatic heterocycles. The minimum absolute atomic E-state index is 0.101. The number of nitrogens with zero attached hydrogens (tertiary/aromatic N) is 6. The second-order valence-corrected chi connectivity index (χ2v) is 10.2. The minimum Gasteiger partial charge on any atom is -0.329 e. The number of rotatable bonds is 9. The van der Waals surface area contributed by atoms with Crippen molar-refractivity contribution in [1.82, 2.24) is 33.8 Å². The molecule has 0 aliphatic carbocycles. The Morgan fingerprint density at radius 2 is 1.76 bits per heavy atom. The molecule has 15 heteroatoms. The van der Waals surface area contributed by atoms with Gasteiger partial charge < -0.3 is 15.2 Å². The van der Waals surface area contributed by atoms with Crippen molar-refractivity contribution in [3.8, 4) is 0 Å². The lowest BCUT2D eigenvalue weighted by Gasteiger charge is -2.16. The number of benzene rings is 2. The van der Waals surface area contributed by atoms with Crippen LogP contribution in [0.2, 0.25) is 5.02 Å². The van der Waals surface area contributed by atoms with Crippen molar-refractivity contribution in [2.24, 2.45) is 0 Å². The van der Waals surface area contributed by atoms with Crippen LogP contribution in [-0.4, -0.2) is 54.4 Å². The second-order valence-electron chi connectivity index (χ2n) is 9.78. The summed E-state index contributed by atoms with van der Waals surface area (Å²) in [6, 6.07) is 7.66. The van der Waals surface area contributed by atoms with Gasteiger partial charge in [0, 0.05) is 29.9 Å². The van der Waals surface area contributed by atoms with Gasteiger partial charge in [-0.1, -0.05) is 17.7 Å². The normalized spacial score (nSPS) is 11.5. The van der Waals surface area contributed by atoms with E-state index in [0.717, 1.165) is 23.2 Å². The molecule has 0 aliphatic rings. The topological polar surface area (TPSA) is 123 Å². The van der Waals surface area contributed by atoms with Crippen molar-refractivity contribution in [1.29, 1.82) is 0 Å². The summed E-state index contributed by atoms with van der Waals surface area (Å²) in [7, 11) is 3.88. The van der Waals surface area contributed by atoms with Crippen molar-refractivity contribution in [3.63, 3.8) is 0 Å². The predicted octanol–water partition coefficient (Wildman–Crippen LogP) is 2.92. The lowest BCUT2D eigenvalue weighted by atomic mass is 10.2. The highest BCUT2D eigenvalue weighted by Crippen LogP contribution is 2.29. The molecule has 0 bridgehead atoms. The Balaban J connectivity index is 1.59. The monoisotopic (exact) mass is 600 g/mol. The van der Waals surface area contributed by atoms with Crippen LogP contribution in [0.15, 0.2) is 63.2 Å². The maximum Gasteiger partial charge on any atom is 0.355 e. The van der Waals surface area contributed by atoms with Gasteiger partial charge in [0.2, 0.25) is 5.95 Å². The summed E-state index contributed by atoms with van der Waals surface area (Å²) in [5.41, 5.74) is -1.60. The van der Waals surface area contributed by atoms with E-state index >= 15 is 0 Å². The summed E-state index contributed by atoms with van der Waals surface area (Å²) < 4.78 is 45.0. The molecule has 0 radical (unpaired) electrons. The van der Waals surface area contributed by atoms with Crippen molar-refractivity contribution >= 4 is 34.1 Å². The number of anilines is 2. The lowest BCUT2D eigenvalue weighted by molar-refractivity contribution is 0.374. The molecular weight excluding hydrogens is 577 g/mol. The first-order valence-corrected chi connectivity index (χ1v) is 13.0. The highest BCUT2D eigenvalue weighted by atomic mass is 35.5. The summed E-state index contributed by atoms with van der Waals surface area (Å²) in [6.07, 6.45) is 3.20. The molecule has 0 saturated heterocycles. The number of nitrogens with one attached hydrogen (secondary N) is 2. The number of likely N-dealkylation sites (N-methyl/N-ethyl adjacent to an activating group) is 1. The van der Waals surface area contributed by atoms with Crippen LogP contribution in [0, 0.1) is 17.5 Å². The van der Waals surface area contributed by atoms with E-state index in [1.54, 1.807) is 23.0 Å². The Morgan fingerprint density at radius 1 is 1.02 bits per heavy atom. The first-order chi connectivity index (χ1) is 20.0. The van der Waals surface area contributed by atoms with E-state index in [-0.39, 0.29) is 27.8 Å². The minimum atomic E-state index is -1.66. The number of aromatic nitrogens is 6. The first-order valence-electron chi connectivity index (χ1n) is 12.6. The Kier molecular flexibility index (Phi) is 8.00. The maximum absolute atomic E-state index is 14.0. The van der Waals surface area contributed by atoms with Gasteiger partial charge in [0.25, 0.3) is 5.56 Å². The number of halogens is 4. The van der Waals surface area contributed by atoms with Gasteiger partial charge in [-0.05, 0) is 50.0 Å². The van der Waals surface area contributed by atoms with Crippen molar-refractivity contribution in [3.05, 3.63) is 114 Å². The molecule has 0 fully saturated rings. The van der Waals surface area contributed by atoms with Gasteiger partial charge >= 0.3 is 11.4 Å². The van der Waals surface area contributed by atoms with E-state index in [2.05, 4.69) is 20.4 Å². The third-order valence-corrected chi connectivity index (χ3v) is 6.74. The Bertz CT molecular complexity index is 1960. The number of aromatic amines is 1. The molecule has 42 heavy (non-hydrogen) atoms. The van der Waals surface area contributed by atoms with Crippen LogP contribution >= 0.6 is 11.6 Å². The zero-order valence-electron chi connectivity index (χ0n) is 22.4. The fourth-order valence-corrected chi connectivity index (χ4v) is 4.47. The molecule has 0 unspecified atom stereocenters. The second kappa shape index (κ2) is 11.7. The fourth-order valence-electron chi connectivity index (χ4n) is 4.27. The summed E-state index contributed by atoms with van der Waals surface area (Å²) in [4.78, 5) is 47.3. The highest BCUT2D eigenvalue weighted by molar-refractivity contribution is 6.34. The molecule has 2 aromatic carbocycles. The van der Waals surface area contributed by atoms with Crippen molar-refractivity contribution in [2.45, 2.75) is 19.6 Å². The maximum atomic E-state index is 14.0. The summed E-state index contributed by atoms with van der Waals surface area (Å²) in [5.74, 6) is -4.87. The van der Waals surface area contributed by atoms with Gasteiger partial charge in [0.1, 0.15) is 0 Å². The van der Waals surface area contributed by atoms with Gasteiger partial charge in [-0.2, -0.15) is 10.1 Å². The van der Waals surface area contributed by atoms with Crippen LogP contribution in [0.1, 0.15) is 11.1 Å². The van der Waals surface area contributed by atoms with Gasteiger partial charge in [0.05, 0.1) is 35.9 Å². The molecule has 218 valence electrons. The van der Waals surface area contributed by atoms with E-state index in [1.807, 2.05) is 19.0 Å². The van der Waals surface area contributed by atoms with E-state index in [9.17, 15) is 27.6 Å². The molecule has 0 saturated carbocycles. The number of hydrogen-bond acceptors (Lipinski definition) is 7. The fraction of sp³-hybridized carbons (Fsp3) is 0.222. The van der Waals surface area contributed by atoms with E-state index in [1.165, 1.54) is 18.3 Å². The largest absolute Gasteiger partial charge is 0.355 e. The Morgan fingerprint density at radius 3 is 2.45 bits per heavy atom. The number of hydrogen-bond donors (Lipinski definition) is 2. The first kappa shape index (κ1) is 28.8. The van der Waals surface area contributed by atoms with Crippen LogP contribution in [0.3, 0.4) is 0 Å². The Labute approximate surface area is 240 Å². The zero-order chi connectivity index (χ0) is 30.1. The number of H-pyrrole nitrogens is 1. The highest BCUT2D eigenvalue weighted by Gasteiger charge is 2.19. The summed E-state index contributed by atoms with van der Waals surface area (Å²) in [5, 5.41) is 8.27. The number of fused-ring (bicyclic) bond motifs is 1. The van der Waals surface area contributed by atoms with Crippen LogP contribution in [0.5, 0.6) is 0 Å². The summed E-state index contributed by atoms with van der Waals surface area (Å²) >= 11 is 6.50. The Hall–Kier alpha value is -4.69. The molecule has 11 nitrogen and oxygen atoms in total. The quantitative estimate of drug-likeness (QED) is 0.250. The van der Waals surface area contributed by atoms with Crippen LogP contribution in [0.4, 0.5) is 24.8 Å². The van der Waals surface area contributed by atoms with Gasteiger partial charge in [-0.25, -0.2) is 27.3 Å². The summed E-state index contributed by atoms with van der Waals surface area (Å²) in [6.45, 7) is 0.442. The molecule has 0 amide bonds. The average Bonchev–Trinajstić information content (AvgIpc) is 3.33. The molecule has 2 N–H and O–H groups in total. The van der Waals surface area contributed by atoms with Crippen LogP contribution in [0.25, 0.3) is 10.9 Å². The van der Waals surface area contributed by atoms with E-state index < -0.39 is 47.5 Å². The molecule has 3 heterocycles.